The number of thiophene rings is 1. The van der Waals surface area contributed by atoms with Gasteiger partial charge in [-0.05, 0) is 25.0 Å². The molecule has 0 unspecified atom stereocenters. The minimum Gasteiger partial charge on any atom is -0.481 e. The molecule has 0 saturated heterocycles. The van der Waals surface area contributed by atoms with Gasteiger partial charge in [-0.1, -0.05) is 6.92 Å². The van der Waals surface area contributed by atoms with E-state index < -0.39 is 5.97 Å². The molecule has 0 aliphatic heterocycles. The molecule has 21 heavy (non-hydrogen) atoms. The number of hydrogen-bond acceptors (Lipinski definition) is 5. The second-order valence-electron chi connectivity index (χ2n) is 4.45. The number of rotatable bonds is 7. The zero-order chi connectivity index (χ0) is 15.2. The van der Waals surface area contributed by atoms with E-state index in [1.165, 1.54) is 16.2 Å². The van der Waals surface area contributed by atoms with E-state index >= 15 is 0 Å². The van der Waals surface area contributed by atoms with Crippen molar-refractivity contribution < 1.29 is 14.7 Å². The number of aromatic nitrogens is 1. The highest BCUT2D eigenvalue weighted by Gasteiger charge is 2.10. The van der Waals surface area contributed by atoms with E-state index in [1.807, 2.05) is 11.4 Å². The fourth-order valence-electron chi connectivity index (χ4n) is 1.73. The van der Waals surface area contributed by atoms with Crippen molar-refractivity contribution in [1.82, 2.24) is 4.98 Å². The van der Waals surface area contributed by atoms with Gasteiger partial charge in [0.05, 0.1) is 10.6 Å². The lowest BCUT2D eigenvalue weighted by Crippen LogP contribution is -2.11. The summed E-state index contributed by atoms with van der Waals surface area (Å²) in [7, 11) is 0. The number of aryl methyl sites for hydroxylation is 1. The van der Waals surface area contributed by atoms with Gasteiger partial charge >= 0.3 is 5.97 Å². The second-order valence-corrected chi connectivity index (χ2v) is 6.48. The van der Waals surface area contributed by atoms with Crippen LogP contribution in [0.3, 0.4) is 0 Å². The molecule has 1 amide bonds. The van der Waals surface area contributed by atoms with Crippen molar-refractivity contribution in [3.63, 3.8) is 0 Å². The predicted octanol–water partition coefficient (Wildman–Crippen LogP) is 3.63. The zero-order valence-corrected chi connectivity index (χ0v) is 13.2. The van der Waals surface area contributed by atoms with Gasteiger partial charge in [0.2, 0.25) is 5.91 Å². The third kappa shape index (κ3) is 4.64. The van der Waals surface area contributed by atoms with Crippen molar-refractivity contribution in [2.45, 2.75) is 32.6 Å². The van der Waals surface area contributed by atoms with Crippen LogP contribution in [-0.2, 0) is 16.0 Å². The Morgan fingerprint density at radius 2 is 2.14 bits per heavy atom. The van der Waals surface area contributed by atoms with Crippen LogP contribution < -0.4 is 5.32 Å². The molecule has 2 aromatic rings. The summed E-state index contributed by atoms with van der Waals surface area (Å²) in [6, 6.07) is 4.13. The van der Waals surface area contributed by atoms with Gasteiger partial charge in [0.15, 0.2) is 5.13 Å². The van der Waals surface area contributed by atoms with Gasteiger partial charge in [-0.3, -0.25) is 9.59 Å². The Hall–Kier alpha value is -1.73. The number of carboxylic acids is 1. The van der Waals surface area contributed by atoms with Crippen LogP contribution in [0, 0.1) is 0 Å². The summed E-state index contributed by atoms with van der Waals surface area (Å²) in [5.74, 6) is -1.08. The second kappa shape index (κ2) is 7.33. The number of thiazole rings is 1. The number of carbonyl (C=O) groups excluding carboxylic acids is 1. The van der Waals surface area contributed by atoms with Crippen LogP contribution in [0.2, 0.25) is 0 Å². The lowest BCUT2D eigenvalue weighted by Gasteiger charge is -1.99. The minimum atomic E-state index is -0.885. The molecule has 0 atom stereocenters. The normalized spacial score (nSPS) is 10.5. The van der Waals surface area contributed by atoms with E-state index in [9.17, 15) is 9.59 Å². The van der Waals surface area contributed by atoms with Crippen molar-refractivity contribution in [1.29, 1.82) is 0 Å². The highest BCUT2D eigenvalue weighted by Crippen LogP contribution is 2.30. The molecule has 2 heterocycles. The van der Waals surface area contributed by atoms with E-state index in [-0.39, 0.29) is 18.7 Å². The Bertz CT molecular complexity index is 634. The topological polar surface area (TPSA) is 79.3 Å². The zero-order valence-electron chi connectivity index (χ0n) is 11.6. The lowest BCUT2D eigenvalue weighted by atomic mass is 10.2. The Balaban J connectivity index is 1.90. The number of anilines is 1. The smallest absolute Gasteiger partial charge is 0.303 e. The van der Waals surface area contributed by atoms with Crippen LogP contribution in [0.1, 0.15) is 31.1 Å². The first-order valence-corrected chi connectivity index (χ1v) is 8.34. The maximum Gasteiger partial charge on any atom is 0.303 e. The molecule has 0 aliphatic carbocycles. The molecule has 5 nitrogen and oxygen atoms in total. The van der Waals surface area contributed by atoms with Gasteiger partial charge in [0.25, 0.3) is 0 Å². The van der Waals surface area contributed by atoms with E-state index in [1.54, 1.807) is 11.3 Å². The van der Waals surface area contributed by atoms with Crippen LogP contribution >= 0.6 is 22.7 Å². The molecule has 7 heteroatoms. The Morgan fingerprint density at radius 1 is 1.33 bits per heavy atom. The lowest BCUT2D eigenvalue weighted by molar-refractivity contribution is -0.137. The molecule has 112 valence electrons. The molecule has 0 spiro atoms. The maximum absolute atomic E-state index is 11.7. The maximum atomic E-state index is 11.7. The summed E-state index contributed by atoms with van der Waals surface area (Å²) >= 11 is 3.08. The van der Waals surface area contributed by atoms with Gasteiger partial charge in [0, 0.05) is 23.1 Å². The molecule has 0 aromatic carbocycles. The average molecular weight is 324 g/mol. The summed E-state index contributed by atoms with van der Waals surface area (Å²) in [5.41, 5.74) is 0.866. The first-order valence-electron chi connectivity index (χ1n) is 6.64. The molecule has 2 N–H and O–H groups in total. The van der Waals surface area contributed by atoms with Gasteiger partial charge in [0.1, 0.15) is 0 Å². The summed E-state index contributed by atoms with van der Waals surface area (Å²) < 4.78 is 0. The highest BCUT2D eigenvalue weighted by atomic mass is 32.1. The molecule has 0 fully saturated rings. The first kappa shape index (κ1) is 15.7. The van der Waals surface area contributed by atoms with Crippen LogP contribution in [0.25, 0.3) is 10.6 Å². The molecule has 0 saturated carbocycles. The SMILES string of the molecule is CCc1ccc(-c2csc(NC(=O)CCCC(=O)O)n2)s1. The van der Waals surface area contributed by atoms with Crippen LogP contribution in [0.5, 0.6) is 0 Å². The fourth-order valence-corrected chi connectivity index (χ4v) is 3.44. The molecule has 2 aromatic heterocycles. The highest BCUT2D eigenvalue weighted by molar-refractivity contribution is 7.17. The van der Waals surface area contributed by atoms with E-state index in [0.717, 1.165) is 17.0 Å². The number of carbonyl (C=O) groups is 2. The third-order valence-electron chi connectivity index (χ3n) is 2.81. The number of nitrogens with one attached hydrogen (secondary N) is 1. The number of hydrogen-bond donors (Lipinski definition) is 2. The van der Waals surface area contributed by atoms with Crippen molar-refractivity contribution in [2.24, 2.45) is 0 Å². The standard InChI is InChI=1S/C14H16N2O3S2/c1-2-9-6-7-11(21-9)10-8-20-14(15-10)16-12(17)4-3-5-13(18)19/h6-8H,2-5H2,1H3,(H,18,19)(H,15,16,17). The molecule has 2 rings (SSSR count). The average Bonchev–Trinajstić information content (AvgIpc) is 3.06. The van der Waals surface area contributed by atoms with E-state index in [0.29, 0.717) is 11.6 Å². The van der Waals surface area contributed by atoms with Gasteiger partial charge in [-0.15, -0.1) is 22.7 Å². The molecular weight excluding hydrogens is 308 g/mol. The minimum absolute atomic E-state index is 0.00549. The van der Waals surface area contributed by atoms with Crippen molar-refractivity contribution in [3.8, 4) is 10.6 Å². The Morgan fingerprint density at radius 3 is 2.81 bits per heavy atom. The summed E-state index contributed by atoms with van der Waals surface area (Å²) in [5, 5.41) is 13.7. The predicted molar refractivity (Wildman–Crippen MR) is 84.9 cm³/mol. The first-order chi connectivity index (χ1) is 10.1. The summed E-state index contributed by atoms with van der Waals surface area (Å²) in [6.07, 6.45) is 1.54. The van der Waals surface area contributed by atoms with Gasteiger partial charge in [-0.2, -0.15) is 0 Å². The molecular formula is C14H16N2O3S2. The van der Waals surface area contributed by atoms with E-state index in [4.69, 9.17) is 5.11 Å². The Kier molecular flexibility index (Phi) is 5.46. The molecule has 0 bridgehead atoms. The van der Waals surface area contributed by atoms with Crippen molar-refractivity contribution >= 4 is 39.7 Å². The number of nitrogens with zero attached hydrogens (tertiary/aromatic N) is 1. The summed E-state index contributed by atoms with van der Waals surface area (Å²) in [4.78, 5) is 28.8. The van der Waals surface area contributed by atoms with Gasteiger partial charge in [-0.25, -0.2) is 4.98 Å². The monoisotopic (exact) mass is 324 g/mol. The molecule has 0 radical (unpaired) electrons. The Labute approximate surface area is 130 Å². The number of aliphatic carboxylic acids is 1. The van der Waals surface area contributed by atoms with Crippen molar-refractivity contribution in [2.75, 3.05) is 5.32 Å². The molecule has 0 aliphatic rings. The van der Waals surface area contributed by atoms with Crippen LogP contribution in [0.15, 0.2) is 17.5 Å². The quantitative estimate of drug-likeness (QED) is 0.815. The number of amides is 1. The number of carboxylic acid groups (broad SMARTS) is 1. The third-order valence-corrected chi connectivity index (χ3v) is 4.82. The van der Waals surface area contributed by atoms with E-state index in [2.05, 4.69) is 23.3 Å². The van der Waals surface area contributed by atoms with Crippen molar-refractivity contribution in [3.05, 3.63) is 22.4 Å². The fraction of sp³-hybridized carbons (Fsp3) is 0.357. The van der Waals surface area contributed by atoms with Crippen LogP contribution in [-0.4, -0.2) is 22.0 Å². The van der Waals surface area contributed by atoms with Crippen LogP contribution in [0.4, 0.5) is 5.13 Å². The largest absolute Gasteiger partial charge is 0.481 e. The summed E-state index contributed by atoms with van der Waals surface area (Å²) in [6.45, 7) is 2.11. The van der Waals surface area contributed by atoms with Gasteiger partial charge < -0.3 is 10.4 Å².